The maximum Gasteiger partial charge on any atom is 0.249 e. The summed E-state index contributed by atoms with van der Waals surface area (Å²) in [4.78, 5) is 29.9. The predicted octanol–water partition coefficient (Wildman–Crippen LogP) is 6.31. The van der Waals surface area contributed by atoms with Crippen LogP contribution in [0, 0.1) is 0 Å². The lowest BCUT2D eigenvalue weighted by Gasteiger charge is -2.40. The molecule has 4 atom stereocenters. The molecule has 0 aromatic heterocycles. The summed E-state index contributed by atoms with van der Waals surface area (Å²) < 4.78 is 31.3. The first-order valence-electron chi connectivity index (χ1n) is 16.8. The number of carbonyl (C=O) groups excluding carboxylic acids is 2. The number of carbonyl (C=O) groups is 2. The van der Waals surface area contributed by atoms with Crippen molar-refractivity contribution in [2.45, 2.75) is 96.4 Å². The normalized spacial score (nSPS) is 19.1. The maximum atomic E-state index is 14.6. The number of nitrogens with zero attached hydrogens (tertiary/aromatic N) is 1. The minimum Gasteiger partial charge on any atom is -0.497 e. The number of ether oxygens (including phenoxy) is 5. The molecule has 2 aliphatic rings. The van der Waals surface area contributed by atoms with E-state index in [4.69, 9.17) is 23.7 Å². The van der Waals surface area contributed by atoms with Crippen molar-refractivity contribution in [3.63, 3.8) is 0 Å². The molecule has 0 spiro atoms. The third-order valence-corrected chi connectivity index (χ3v) is 8.70. The van der Waals surface area contributed by atoms with Gasteiger partial charge >= 0.3 is 0 Å². The lowest BCUT2D eigenvalue weighted by molar-refractivity contribution is -0.192. The number of hydrogen-bond donors (Lipinski definition) is 1. The van der Waals surface area contributed by atoms with Gasteiger partial charge in [-0.05, 0) is 68.4 Å². The Labute approximate surface area is 284 Å². The van der Waals surface area contributed by atoms with Crippen molar-refractivity contribution in [1.29, 1.82) is 0 Å². The van der Waals surface area contributed by atoms with Crippen LogP contribution in [0.5, 0.6) is 5.75 Å². The number of allylic oxidation sites excluding steroid dienone is 2. The first kappa shape index (κ1) is 35.3. The maximum absolute atomic E-state index is 14.6. The molecule has 3 aromatic rings. The van der Waals surface area contributed by atoms with Gasteiger partial charge in [-0.2, -0.15) is 0 Å². The topological polar surface area (TPSA) is 95.6 Å². The number of rotatable bonds is 15. The van der Waals surface area contributed by atoms with Gasteiger partial charge in [0.15, 0.2) is 5.79 Å². The van der Waals surface area contributed by atoms with E-state index in [1.165, 1.54) is 6.92 Å². The standard InChI is InChI=1S/C39H48N2O7/c1-28(42)41(24-29-20-22-33(44-4)23-21-29)35(38(43)40-32-18-12-7-13-19-32)37(46-26-31-16-10-6-11-17-31)36(34-27-47-39(2,3)48-34)45-25-30-14-8-5-9-15-30/h5-6,8-11,14-18,20-23,34-37H,7,12-13,19,24-27H2,1-4H3,(H,40,43)/t34-,35+,36-,37-/m1/s1. The average Bonchev–Trinajstić information content (AvgIpc) is 3.47. The first-order valence-corrected chi connectivity index (χ1v) is 16.8. The molecule has 0 saturated carbocycles. The van der Waals surface area contributed by atoms with E-state index in [0.29, 0.717) is 5.75 Å². The molecule has 1 aliphatic carbocycles. The van der Waals surface area contributed by atoms with Crippen molar-refractivity contribution in [3.8, 4) is 5.75 Å². The van der Waals surface area contributed by atoms with E-state index in [1.807, 2.05) is 98.8 Å². The largest absolute Gasteiger partial charge is 0.497 e. The monoisotopic (exact) mass is 656 g/mol. The highest BCUT2D eigenvalue weighted by Gasteiger charge is 2.48. The third-order valence-electron chi connectivity index (χ3n) is 8.70. The van der Waals surface area contributed by atoms with Crippen LogP contribution in [-0.4, -0.2) is 60.6 Å². The van der Waals surface area contributed by atoms with Gasteiger partial charge in [0.2, 0.25) is 11.8 Å². The summed E-state index contributed by atoms with van der Waals surface area (Å²) in [6.07, 6.45) is 3.47. The molecule has 48 heavy (non-hydrogen) atoms. The molecule has 9 heteroatoms. The molecule has 1 N–H and O–H groups in total. The highest BCUT2D eigenvalue weighted by Crippen LogP contribution is 2.31. The number of hydrogen-bond acceptors (Lipinski definition) is 7. The average molecular weight is 657 g/mol. The lowest BCUT2D eigenvalue weighted by Crippen LogP contribution is -2.61. The van der Waals surface area contributed by atoms with E-state index in [0.717, 1.165) is 48.1 Å². The summed E-state index contributed by atoms with van der Waals surface area (Å²) in [6.45, 7) is 6.02. The van der Waals surface area contributed by atoms with Gasteiger partial charge in [-0.3, -0.25) is 9.59 Å². The molecule has 9 nitrogen and oxygen atoms in total. The van der Waals surface area contributed by atoms with Crippen molar-refractivity contribution >= 4 is 11.8 Å². The summed E-state index contributed by atoms with van der Waals surface area (Å²) in [5.74, 6) is -0.776. The van der Waals surface area contributed by atoms with E-state index in [1.54, 1.807) is 12.0 Å². The van der Waals surface area contributed by atoms with Crippen molar-refractivity contribution in [1.82, 2.24) is 10.2 Å². The van der Waals surface area contributed by atoms with Crippen LogP contribution in [0.25, 0.3) is 0 Å². The Morgan fingerprint density at radius 1 is 0.896 bits per heavy atom. The molecule has 1 heterocycles. The van der Waals surface area contributed by atoms with E-state index >= 15 is 0 Å². The van der Waals surface area contributed by atoms with Gasteiger partial charge in [0, 0.05) is 19.2 Å². The summed E-state index contributed by atoms with van der Waals surface area (Å²) in [6, 6.07) is 26.0. The van der Waals surface area contributed by atoms with Crippen LogP contribution in [0.1, 0.15) is 63.1 Å². The van der Waals surface area contributed by atoms with Crippen LogP contribution in [-0.2, 0) is 48.3 Å². The van der Waals surface area contributed by atoms with Crippen LogP contribution in [0.2, 0.25) is 0 Å². The van der Waals surface area contributed by atoms with Crippen LogP contribution >= 0.6 is 0 Å². The van der Waals surface area contributed by atoms with Gasteiger partial charge < -0.3 is 33.9 Å². The summed E-state index contributed by atoms with van der Waals surface area (Å²) >= 11 is 0. The fraction of sp³-hybridized carbons (Fsp3) is 0.436. The Balaban J connectivity index is 1.58. The molecule has 3 aromatic carbocycles. The van der Waals surface area contributed by atoms with E-state index in [2.05, 4.69) is 11.4 Å². The van der Waals surface area contributed by atoms with Crippen LogP contribution in [0.3, 0.4) is 0 Å². The van der Waals surface area contributed by atoms with Crippen molar-refractivity contribution in [3.05, 3.63) is 113 Å². The fourth-order valence-corrected chi connectivity index (χ4v) is 6.18. The molecule has 0 bridgehead atoms. The Morgan fingerprint density at radius 2 is 1.54 bits per heavy atom. The van der Waals surface area contributed by atoms with Crippen molar-refractivity contribution in [2.75, 3.05) is 13.7 Å². The summed E-state index contributed by atoms with van der Waals surface area (Å²) in [5, 5.41) is 3.17. The second-order valence-corrected chi connectivity index (χ2v) is 12.8. The van der Waals surface area contributed by atoms with E-state index in [-0.39, 0.29) is 38.2 Å². The predicted molar refractivity (Wildman–Crippen MR) is 183 cm³/mol. The smallest absolute Gasteiger partial charge is 0.249 e. The zero-order valence-electron chi connectivity index (χ0n) is 28.4. The Kier molecular flexibility index (Phi) is 12.4. The third kappa shape index (κ3) is 9.76. The fourth-order valence-electron chi connectivity index (χ4n) is 6.18. The summed E-state index contributed by atoms with van der Waals surface area (Å²) in [5.41, 5.74) is 3.57. The van der Waals surface area contributed by atoms with Crippen LogP contribution in [0.15, 0.2) is 96.7 Å². The molecule has 1 aliphatic heterocycles. The molecule has 0 radical (unpaired) electrons. The Morgan fingerprint density at radius 3 is 2.08 bits per heavy atom. The molecule has 1 fully saturated rings. The molecule has 2 amide bonds. The number of benzene rings is 3. The first-order chi connectivity index (χ1) is 23.2. The van der Waals surface area contributed by atoms with Gasteiger partial charge in [0.1, 0.15) is 30.1 Å². The van der Waals surface area contributed by atoms with E-state index < -0.39 is 30.1 Å². The molecule has 256 valence electrons. The van der Waals surface area contributed by atoms with Crippen molar-refractivity contribution in [2.24, 2.45) is 0 Å². The highest BCUT2D eigenvalue weighted by molar-refractivity contribution is 5.88. The lowest BCUT2D eigenvalue weighted by atomic mass is 9.96. The Hall–Kier alpha value is -4.02. The number of amides is 2. The zero-order valence-corrected chi connectivity index (χ0v) is 28.4. The molecule has 5 rings (SSSR count). The molecular weight excluding hydrogens is 608 g/mol. The second-order valence-electron chi connectivity index (χ2n) is 12.8. The molecule has 1 saturated heterocycles. The quantitative estimate of drug-likeness (QED) is 0.205. The van der Waals surface area contributed by atoms with Gasteiger partial charge in [-0.25, -0.2) is 0 Å². The second kappa shape index (κ2) is 16.9. The number of methoxy groups -OCH3 is 1. The SMILES string of the molecule is COc1ccc(CN(C(C)=O)[C@H](C(=O)NC2=CCCCC2)[C@@H](OCc2ccccc2)[C@H](OCc2ccccc2)[C@H]2COC(C)(C)O2)cc1. The van der Waals surface area contributed by atoms with Gasteiger partial charge in [-0.15, -0.1) is 0 Å². The zero-order chi connectivity index (χ0) is 33.9. The van der Waals surface area contributed by atoms with Gasteiger partial charge in [0.25, 0.3) is 0 Å². The molecular formula is C39H48N2O7. The van der Waals surface area contributed by atoms with Crippen LogP contribution < -0.4 is 10.1 Å². The van der Waals surface area contributed by atoms with E-state index in [9.17, 15) is 9.59 Å². The highest BCUT2D eigenvalue weighted by atomic mass is 16.8. The van der Waals surface area contributed by atoms with Crippen molar-refractivity contribution < 1.29 is 33.3 Å². The van der Waals surface area contributed by atoms with Gasteiger partial charge in [-0.1, -0.05) is 78.9 Å². The van der Waals surface area contributed by atoms with Crippen LogP contribution in [0.4, 0.5) is 0 Å². The Bertz CT molecular complexity index is 1490. The van der Waals surface area contributed by atoms with Gasteiger partial charge in [0.05, 0.1) is 26.9 Å². The molecule has 0 unspecified atom stereocenters. The number of nitrogens with one attached hydrogen (secondary N) is 1. The summed E-state index contributed by atoms with van der Waals surface area (Å²) in [7, 11) is 1.61. The minimum absolute atomic E-state index is 0.167. The minimum atomic E-state index is -1.08.